The van der Waals surface area contributed by atoms with Crippen LogP contribution in [0.15, 0.2) is 42.6 Å². The molecule has 2 N–H and O–H groups in total. The minimum Gasteiger partial charge on any atom is -0.350 e. The van der Waals surface area contributed by atoms with Gasteiger partial charge in [0.25, 0.3) is 0 Å². The maximum Gasteiger partial charge on any atom is 0.416 e. The number of alkyl halides is 3. The number of guanidine groups is 1. The first-order valence-corrected chi connectivity index (χ1v) is 11.5. The summed E-state index contributed by atoms with van der Waals surface area (Å²) in [6.45, 7) is 6.28. The van der Waals surface area contributed by atoms with Gasteiger partial charge in [0.05, 0.1) is 18.5 Å². The first kappa shape index (κ1) is 24.7. The summed E-state index contributed by atoms with van der Waals surface area (Å²) in [6.07, 6.45) is -2.58. The topological polar surface area (TPSA) is 89.4 Å². The van der Waals surface area contributed by atoms with Crippen LogP contribution in [0.5, 0.6) is 0 Å². The van der Waals surface area contributed by atoms with Crippen molar-refractivity contribution in [3.05, 3.63) is 59.3 Å². The van der Waals surface area contributed by atoms with E-state index in [1.54, 1.807) is 18.2 Å². The van der Waals surface area contributed by atoms with Crippen molar-refractivity contribution in [2.75, 3.05) is 11.4 Å². The van der Waals surface area contributed by atoms with E-state index in [-0.39, 0.29) is 55.5 Å². The molecule has 7 nitrogen and oxygen atoms in total. The van der Waals surface area contributed by atoms with Gasteiger partial charge in [0.15, 0.2) is 5.96 Å². The third-order valence-electron chi connectivity index (χ3n) is 7.01. The number of nitrogens with one attached hydrogen (secondary N) is 2. The van der Waals surface area contributed by atoms with Crippen molar-refractivity contribution in [3.63, 3.8) is 0 Å². The van der Waals surface area contributed by atoms with Crippen LogP contribution in [0.2, 0.25) is 0 Å². The number of carbonyl (C=O) groups is 2. The minimum atomic E-state index is -4.45. The lowest BCUT2D eigenvalue weighted by atomic mass is 9.83. The summed E-state index contributed by atoms with van der Waals surface area (Å²) in [5.74, 6) is -0.216. The Kier molecular flexibility index (Phi) is 6.33. The number of aromatic nitrogens is 1. The molecule has 2 aromatic rings. The number of anilines is 1. The molecule has 0 bridgehead atoms. The van der Waals surface area contributed by atoms with Crippen LogP contribution in [0.3, 0.4) is 0 Å². The van der Waals surface area contributed by atoms with Crippen molar-refractivity contribution >= 4 is 23.6 Å². The second-order valence-corrected chi connectivity index (χ2v) is 9.75. The summed E-state index contributed by atoms with van der Waals surface area (Å²) in [5, 5.41) is 11.5. The van der Waals surface area contributed by atoms with E-state index in [1.807, 2.05) is 20.8 Å². The third kappa shape index (κ3) is 5.01. The highest BCUT2D eigenvalue weighted by Crippen LogP contribution is 2.35. The molecule has 2 aliphatic heterocycles. The predicted octanol–water partition coefficient (Wildman–Crippen LogP) is 4.29. The number of pyridine rings is 1. The van der Waals surface area contributed by atoms with Gasteiger partial charge in [-0.2, -0.15) is 13.2 Å². The smallest absolute Gasteiger partial charge is 0.350 e. The van der Waals surface area contributed by atoms with Crippen LogP contribution in [0.1, 0.15) is 56.2 Å². The number of benzene rings is 1. The Bertz CT molecular complexity index is 1150. The van der Waals surface area contributed by atoms with E-state index >= 15 is 0 Å². The lowest BCUT2D eigenvalue weighted by Crippen LogP contribution is -2.62. The molecule has 3 heterocycles. The van der Waals surface area contributed by atoms with Crippen molar-refractivity contribution in [3.8, 4) is 0 Å². The van der Waals surface area contributed by atoms with Gasteiger partial charge in [-0.25, -0.2) is 4.98 Å². The number of nitrogens with zero attached hydrogens (tertiary/aromatic N) is 3. The standard InChI is InChI=1S/C25H28F3N5O2/c1-15(2)24(3)12-22(35)33(23(29)31-24)13-16-7-8-30-20(9-16)32-14-18(11-21(32)34)17-5-4-6-19(10-17)25(26,27)28/h4-10,15,18H,11-14H2,1-3H3,(H2,29,31)/t18-,24+/m1/s1. The predicted molar refractivity (Wildman–Crippen MR) is 125 cm³/mol. The molecule has 0 aliphatic carbocycles. The summed E-state index contributed by atoms with van der Waals surface area (Å²) in [6, 6.07) is 8.46. The lowest BCUT2D eigenvalue weighted by Gasteiger charge is -2.43. The van der Waals surface area contributed by atoms with E-state index in [0.717, 1.165) is 12.1 Å². The molecule has 2 aliphatic rings. The van der Waals surface area contributed by atoms with E-state index in [4.69, 9.17) is 5.41 Å². The summed E-state index contributed by atoms with van der Waals surface area (Å²) in [4.78, 5) is 32.7. The summed E-state index contributed by atoms with van der Waals surface area (Å²) in [7, 11) is 0. The van der Waals surface area contributed by atoms with E-state index < -0.39 is 17.3 Å². The molecule has 1 aromatic carbocycles. The highest BCUT2D eigenvalue weighted by Gasteiger charge is 2.40. The third-order valence-corrected chi connectivity index (χ3v) is 7.01. The molecule has 0 radical (unpaired) electrons. The Morgan fingerprint density at radius 3 is 2.60 bits per heavy atom. The van der Waals surface area contributed by atoms with Crippen LogP contribution < -0.4 is 10.2 Å². The quantitative estimate of drug-likeness (QED) is 0.659. The fourth-order valence-corrected chi connectivity index (χ4v) is 4.44. The van der Waals surface area contributed by atoms with Crippen molar-refractivity contribution < 1.29 is 22.8 Å². The van der Waals surface area contributed by atoms with Gasteiger partial charge in [-0.1, -0.05) is 32.0 Å². The van der Waals surface area contributed by atoms with E-state index in [0.29, 0.717) is 16.9 Å². The summed E-state index contributed by atoms with van der Waals surface area (Å²) >= 11 is 0. The SMILES string of the molecule is CC(C)[C@]1(C)CC(=O)N(Cc2ccnc(N3C[C@H](c4cccc(C(F)(F)F)c4)CC3=O)c2)C(=N)N1. The Morgan fingerprint density at radius 2 is 1.94 bits per heavy atom. The van der Waals surface area contributed by atoms with Crippen LogP contribution in [0.4, 0.5) is 19.0 Å². The van der Waals surface area contributed by atoms with Gasteiger partial charge in [0.2, 0.25) is 11.8 Å². The van der Waals surface area contributed by atoms with Gasteiger partial charge in [0, 0.05) is 30.6 Å². The molecular formula is C25H28F3N5O2. The molecule has 2 amide bonds. The van der Waals surface area contributed by atoms with Crippen molar-refractivity contribution in [2.24, 2.45) is 5.92 Å². The Labute approximate surface area is 201 Å². The average molecular weight is 488 g/mol. The van der Waals surface area contributed by atoms with Gasteiger partial charge in [-0.05, 0) is 42.2 Å². The first-order chi connectivity index (χ1) is 16.4. The molecule has 2 saturated heterocycles. The Hall–Kier alpha value is -3.43. The zero-order valence-electron chi connectivity index (χ0n) is 19.8. The molecule has 2 atom stereocenters. The molecule has 4 rings (SSSR count). The molecule has 0 saturated carbocycles. The highest BCUT2D eigenvalue weighted by molar-refractivity contribution is 5.99. The van der Waals surface area contributed by atoms with Gasteiger partial charge in [-0.3, -0.25) is 24.8 Å². The van der Waals surface area contributed by atoms with Crippen LogP contribution >= 0.6 is 0 Å². The maximum absolute atomic E-state index is 13.1. The normalized spacial score (nSPS) is 23.3. The molecule has 2 fully saturated rings. The van der Waals surface area contributed by atoms with E-state index in [9.17, 15) is 22.8 Å². The van der Waals surface area contributed by atoms with Crippen LogP contribution in [-0.4, -0.2) is 39.7 Å². The lowest BCUT2D eigenvalue weighted by molar-refractivity contribution is -0.137. The zero-order chi connectivity index (χ0) is 25.5. The van der Waals surface area contributed by atoms with E-state index in [1.165, 1.54) is 22.1 Å². The Morgan fingerprint density at radius 1 is 1.20 bits per heavy atom. The maximum atomic E-state index is 13.1. The monoisotopic (exact) mass is 487 g/mol. The fraction of sp³-hybridized carbons (Fsp3) is 0.440. The number of rotatable bonds is 5. The number of hydrogen-bond donors (Lipinski definition) is 2. The summed E-state index contributed by atoms with van der Waals surface area (Å²) in [5.41, 5.74) is -0.0808. The molecular weight excluding hydrogens is 459 g/mol. The number of amides is 2. The molecule has 0 unspecified atom stereocenters. The second-order valence-electron chi connectivity index (χ2n) is 9.75. The number of carbonyl (C=O) groups excluding carboxylic acids is 2. The Balaban J connectivity index is 1.49. The second kappa shape index (κ2) is 8.98. The van der Waals surface area contributed by atoms with E-state index in [2.05, 4.69) is 10.3 Å². The molecule has 10 heteroatoms. The minimum absolute atomic E-state index is 0.0256. The van der Waals surface area contributed by atoms with Crippen LogP contribution in [0.25, 0.3) is 0 Å². The molecule has 1 aromatic heterocycles. The van der Waals surface area contributed by atoms with Gasteiger partial charge in [-0.15, -0.1) is 0 Å². The van der Waals surface area contributed by atoms with Crippen LogP contribution in [0, 0.1) is 11.3 Å². The van der Waals surface area contributed by atoms with Crippen molar-refractivity contribution in [2.45, 2.75) is 57.8 Å². The molecule has 186 valence electrons. The summed E-state index contributed by atoms with van der Waals surface area (Å²) < 4.78 is 39.3. The largest absolute Gasteiger partial charge is 0.416 e. The zero-order valence-corrected chi connectivity index (χ0v) is 19.8. The first-order valence-electron chi connectivity index (χ1n) is 11.5. The molecule has 35 heavy (non-hydrogen) atoms. The van der Waals surface area contributed by atoms with Gasteiger partial charge >= 0.3 is 6.18 Å². The fourth-order valence-electron chi connectivity index (χ4n) is 4.44. The van der Waals surface area contributed by atoms with Crippen molar-refractivity contribution in [1.29, 1.82) is 5.41 Å². The van der Waals surface area contributed by atoms with Crippen molar-refractivity contribution in [1.82, 2.24) is 15.2 Å². The number of halogens is 3. The average Bonchev–Trinajstić information content (AvgIpc) is 3.17. The van der Waals surface area contributed by atoms with Gasteiger partial charge in [0.1, 0.15) is 5.82 Å². The highest BCUT2D eigenvalue weighted by atomic mass is 19.4. The number of hydrogen-bond acceptors (Lipinski definition) is 4. The van der Waals surface area contributed by atoms with Gasteiger partial charge < -0.3 is 5.32 Å². The molecule has 0 spiro atoms. The van der Waals surface area contributed by atoms with Crippen LogP contribution in [-0.2, 0) is 22.3 Å².